The number of rotatable bonds is 3. The lowest BCUT2D eigenvalue weighted by Gasteiger charge is -2.20. The number of carbonyl (C=O) groups is 2. The maximum absolute atomic E-state index is 11.4. The van der Waals surface area contributed by atoms with E-state index in [2.05, 4.69) is 10.1 Å². The van der Waals surface area contributed by atoms with Gasteiger partial charge in [-0.05, 0) is 12.8 Å². The van der Waals surface area contributed by atoms with E-state index in [9.17, 15) is 9.59 Å². The number of nitrogens with one attached hydrogen (secondary N) is 1. The molecule has 0 bridgehead atoms. The lowest BCUT2D eigenvalue weighted by Crippen LogP contribution is -2.45. The van der Waals surface area contributed by atoms with Crippen molar-refractivity contribution in [1.29, 1.82) is 0 Å². The van der Waals surface area contributed by atoms with Crippen LogP contribution in [-0.2, 0) is 9.53 Å². The van der Waals surface area contributed by atoms with Gasteiger partial charge < -0.3 is 15.2 Å². The molecule has 1 aliphatic rings. The molecule has 0 aromatic rings. The summed E-state index contributed by atoms with van der Waals surface area (Å²) >= 11 is 0. The summed E-state index contributed by atoms with van der Waals surface area (Å²) in [6.45, 7) is 0.545. The Hall–Kier alpha value is -1.30. The fraction of sp³-hybridized carbons (Fsp3) is 0.750. The van der Waals surface area contributed by atoms with Crippen LogP contribution in [0.1, 0.15) is 12.8 Å². The molecule has 0 aromatic heterocycles. The first-order valence-electron chi connectivity index (χ1n) is 4.43. The van der Waals surface area contributed by atoms with E-state index in [1.54, 1.807) is 0 Å². The molecular formula is C8H14N2O4. The highest BCUT2D eigenvalue weighted by Gasteiger charge is 2.33. The number of hydrogen-bond donors (Lipinski definition) is 2. The van der Waals surface area contributed by atoms with E-state index in [4.69, 9.17) is 5.11 Å². The van der Waals surface area contributed by atoms with Crippen LogP contribution in [-0.4, -0.2) is 48.4 Å². The molecule has 6 heteroatoms. The Morgan fingerprint density at radius 1 is 1.64 bits per heavy atom. The Morgan fingerprint density at radius 3 is 2.93 bits per heavy atom. The third-order valence-electron chi connectivity index (χ3n) is 2.19. The Labute approximate surface area is 81.8 Å². The number of methoxy groups -OCH3 is 1. The van der Waals surface area contributed by atoms with Gasteiger partial charge in [-0.25, -0.2) is 4.79 Å². The maximum atomic E-state index is 11.4. The number of carboxylic acid groups (broad SMARTS) is 1. The van der Waals surface area contributed by atoms with Crippen molar-refractivity contribution < 1.29 is 19.4 Å². The zero-order valence-electron chi connectivity index (χ0n) is 8.02. The van der Waals surface area contributed by atoms with E-state index in [0.717, 1.165) is 11.3 Å². The lowest BCUT2D eigenvalue weighted by atomic mass is 10.2. The summed E-state index contributed by atoms with van der Waals surface area (Å²) in [5.41, 5.74) is 0. The van der Waals surface area contributed by atoms with Gasteiger partial charge in [0.2, 0.25) is 5.91 Å². The van der Waals surface area contributed by atoms with E-state index >= 15 is 0 Å². The van der Waals surface area contributed by atoms with Crippen LogP contribution in [0.15, 0.2) is 0 Å². The minimum atomic E-state index is -1.04. The summed E-state index contributed by atoms with van der Waals surface area (Å²) in [6.07, 6.45) is 0.277. The van der Waals surface area contributed by atoms with E-state index in [-0.39, 0.29) is 12.6 Å². The average molecular weight is 202 g/mol. The van der Waals surface area contributed by atoms with Gasteiger partial charge in [-0.1, -0.05) is 0 Å². The van der Waals surface area contributed by atoms with Crippen molar-refractivity contribution in [1.82, 2.24) is 10.2 Å². The van der Waals surface area contributed by atoms with Crippen LogP contribution in [0.3, 0.4) is 0 Å². The van der Waals surface area contributed by atoms with Gasteiger partial charge in [-0.3, -0.25) is 9.69 Å². The first kappa shape index (κ1) is 10.8. The molecule has 0 saturated carbocycles. The van der Waals surface area contributed by atoms with Crippen molar-refractivity contribution in [3.05, 3.63) is 0 Å². The second-order valence-electron chi connectivity index (χ2n) is 3.11. The van der Waals surface area contributed by atoms with Crippen LogP contribution in [0, 0.1) is 0 Å². The summed E-state index contributed by atoms with van der Waals surface area (Å²) in [7, 11) is 1.46. The lowest BCUT2D eigenvalue weighted by molar-refractivity contribution is -0.126. The fourth-order valence-corrected chi connectivity index (χ4v) is 1.53. The molecule has 1 fully saturated rings. The van der Waals surface area contributed by atoms with Crippen LogP contribution >= 0.6 is 0 Å². The highest BCUT2D eigenvalue weighted by atomic mass is 16.5. The number of likely N-dealkylation sites (tertiary alicyclic amines) is 1. The standard InChI is InChI=1S/C8H14N2O4/c1-14-5-9-7(11)6-3-2-4-10(6)8(12)13/h6H,2-5H2,1H3,(H,9,11)(H,12,13)/t6-/m0/s1. The summed E-state index contributed by atoms with van der Waals surface area (Å²) in [6, 6.07) is -0.553. The van der Waals surface area contributed by atoms with E-state index in [0.29, 0.717) is 13.0 Å². The quantitative estimate of drug-likeness (QED) is 0.624. The fourth-order valence-electron chi connectivity index (χ4n) is 1.53. The van der Waals surface area contributed by atoms with Crippen molar-refractivity contribution >= 4 is 12.0 Å². The highest BCUT2D eigenvalue weighted by Crippen LogP contribution is 2.16. The van der Waals surface area contributed by atoms with E-state index in [1.165, 1.54) is 7.11 Å². The van der Waals surface area contributed by atoms with Gasteiger partial charge in [0.05, 0.1) is 0 Å². The molecule has 2 amide bonds. The summed E-state index contributed by atoms with van der Waals surface area (Å²) < 4.78 is 4.67. The number of carbonyl (C=O) groups excluding carboxylic acids is 1. The van der Waals surface area contributed by atoms with Crippen molar-refractivity contribution in [2.75, 3.05) is 20.4 Å². The van der Waals surface area contributed by atoms with Gasteiger partial charge in [0.15, 0.2) is 0 Å². The number of hydrogen-bond acceptors (Lipinski definition) is 3. The van der Waals surface area contributed by atoms with Crippen molar-refractivity contribution in [3.8, 4) is 0 Å². The van der Waals surface area contributed by atoms with Crippen LogP contribution in [0.4, 0.5) is 4.79 Å². The molecule has 14 heavy (non-hydrogen) atoms. The SMILES string of the molecule is COCNC(=O)[C@@H]1CCCN1C(=O)O. The highest BCUT2D eigenvalue weighted by molar-refractivity contribution is 5.85. The summed E-state index contributed by atoms with van der Waals surface area (Å²) in [5, 5.41) is 11.3. The zero-order chi connectivity index (χ0) is 10.6. The minimum Gasteiger partial charge on any atom is -0.465 e. The second kappa shape index (κ2) is 4.80. The van der Waals surface area contributed by atoms with E-state index in [1.807, 2.05) is 0 Å². The molecule has 0 unspecified atom stereocenters. The Kier molecular flexibility index (Phi) is 3.70. The zero-order valence-corrected chi connectivity index (χ0v) is 8.02. The van der Waals surface area contributed by atoms with Crippen molar-refractivity contribution in [2.45, 2.75) is 18.9 Å². The number of nitrogens with zero attached hydrogens (tertiary/aromatic N) is 1. The monoisotopic (exact) mass is 202 g/mol. The predicted octanol–water partition coefficient (Wildman–Crippen LogP) is -0.151. The largest absolute Gasteiger partial charge is 0.465 e. The van der Waals surface area contributed by atoms with Crippen LogP contribution < -0.4 is 5.32 Å². The molecule has 1 saturated heterocycles. The van der Waals surface area contributed by atoms with Crippen LogP contribution in [0.2, 0.25) is 0 Å². The van der Waals surface area contributed by atoms with Gasteiger partial charge in [0.25, 0.3) is 0 Å². The topological polar surface area (TPSA) is 78.9 Å². The first-order chi connectivity index (χ1) is 6.66. The normalized spacial score (nSPS) is 20.9. The summed E-state index contributed by atoms with van der Waals surface area (Å²) in [5.74, 6) is -0.285. The van der Waals surface area contributed by atoms with Gasteiger partial charge >= 0.3 is 6.09 Å². The molecule has 0 radical (unpaired) electrons. The summed E-state index contributed by atoms with van der Waals surface area (Å²) in [4.78, 5) is 23.3. The Bertz CT molecular complexity index is 231. The molecule has 1 heterocycles. The molecule has 0 aromatic carbocycles. The molecule has 80 valence electrons. The third kappa shape index (κ3) is 2.35. The molecule has 6 nitrogen and oxygen atoms in total. The molecule has 1 aliphatic heterocycles. The first-order valence-corrected chi connectivity index (χ1v) is 4.43. The van der Waals surface area contributed by atoms with Gasteiger partial charge in [-0.15, -0.1) is 0 Å². The molecular weight excluding hydrogens is 188 g/mol. The maximum Gasteiger partial charge on any atom is 0.407 e. The van der Waals surface area contributed by atoms with Gasteiger partial charge in [0.1, 0.15) is 12.8 Å². The van der Waals surface area contributed by atoms with E-state index < -0.39 is 12.1 Å². The Morgan fingerprint density at radius 2 is 2.36 bits per heavy atom. The molecule has 1 atom stereocenters. The number of ether oxygens (including phenoxy) is 1. The average Bonchev–Trinajstić information content (AvgIpc) is 2.62. The van der Waals surface area contributed by atoms with Gasteiger partial charge in [-0.2, -0.15) is 0 Å². The molecule has 1 rings (SSSR count). The second-order valence-corrected chi connectivity index (χ2v) is 3.11. The molecule has 0 spiro atoms. The third-order valence-corrected chi connectivity index (χ3v) is 2.19. The molecule has 2 N–H and O–H groups in total. The predicted molar refractivity (Wildman–Crippen MR) is 47.8 cm³/mol. The van der Waals surface area contributed by atoms with Crippen molar-refractivity contribution in [2.24, 2.45) is 0 Å². The number of amides is 2. The minimum absolute atomic E-state index is 0.114. The van der Waals surface area contributed by atoms with Crippen LogP contribution in [0.5, 0.6) is 0 Å². The van der Waals surface area contributed by atoms with Crippen molar-refractivity contribution in [3.63, 3.8) is 0 Å². The van der Waals surface area contributed by atoms with Crippen LogP contribution in [0.25, 0.3) is 0 Å². The Balaban J connectivity index is 2.49. The van der Waals surface area contributed by atoms with Gasteiger partial charge in [0, 0.05) is 13.7 Å². The molecule has 0 aliphatic carbocycles. The smallest absolute Gasteiger partial charge is 0.407 e.